The Balaban J connectivity index is 2.47. The molecule has 1 aliphatic rings. The van der Waals surface area contributed by atoms with Gasteiger partial charge >= 0.3 is 0 Å². The number of sulfonamides is 1. The van der Waals surface area contributed by atoms with E-state index in [-0.39, 0.29) is 6.04 Å². The van der Waals surface area contributed by atoms with Gasteiger partial charge in [-0.3, -0.25) is 0 Å². The molecule has 1 atom stereocenters. The SMILES string of the molecule is CN(C)S(=O)(=O)c1ccccc1N1CCOCC1CCl. The second kappa shape index (κ2) is 6.30. The molecule has 1 aliphatic heterocycles. The van der Waals surface area contributed by atoms with Gasteiger partial charge in [-0.25, -0.2) is 12.7 Å². The van der Waals surface area contributed by atoms with Gasteiger partial charge in [0.05, 0.1) is 24.9 Å². The number of halogens is 1. The lowest BCUT2D eigenvalue weighted by Gasteiger charge is -2.37. The molecular formula is C13H19ClN2O3S. The van der Waals surface area contributed by atoms with Crippen LogP contribution in [-0.4, -0.2) is 58.5 Å². The Morgan fingerprint density at radius 2 is 2.10 bits per heavy atom. The van der Waals surface area contributed by atoms with E-state index in [0.717, 1.165) is 0 Å². The van der Waals surface area contributed by atoms with Gasteiger partial charge in [0.1, 0.15) is 4.90 Å². The molecule has 1 fully saturated rings. The molecule has 1 saturated heterocycles. The quantitative estimate of drug-likeness (QED) is 0.787. The average Bonchev–Trinajstić information content (AvgIpc) is 2.47. The maximum absolute atomic E-state index is 12.4. The fourth-order valence-corrected chi connectivity index (χ4v) is 3.56. The first-order valence-electron chi connectivity index (χ1n) is 6.40. The Bertz CT molecular complexity index is 562. The van der Waals surface area contributed by atoms with E-state index in [1.54, 1.807) is 12.1 Å². The topological polar surface area (TPSA) is 49.9 Å². The van der Waals surface area contributed by atoms with E-state index in [1.165, 1.54) is 18.4 Å². The predicted molar refractivity (Wildman–Crippen MR) is 80.0 cm³/mol. The number of hydrogen-bond donors (Lipinski definition) is 0. The van der Waals surface area contributed by atoms with Crippen LogP contribution in [-0.2, 0) is 14.8 Å². The standard InChI is InChI=1S/C13H19ClN2O3S/c1-15(2)20(17,18)13-6-4-3-5-12(13)16-7-8-19-10-11(16)9-14/h3-6,11H,7-10H2,1-2H3. The van der Waals surface area contributed by atoms with Crippen LogP contribution in [0.2, 0.25) is 0 Å². The lowest BCUT2D eigenvalue weighted by Crippen LogP contribution is -2.47. The van der Waals surface area contributed by atoms with Crippen LogP contribution in [0.25, 0.3) is 0 Å². The summed E-state index contributed by atoms with van der Waals surface area (Å²) < 4.78 is 31.5. The second-order valence-electron chi connectivity index (χ2n) is 4.83. The molecule has 0 amide bonds. The van der Waals surface area contributed by atoms with Crippen molar-refractivity contribution in [3.8, 4) is 0 Å². The summed E-state index contributed by atoms with van der Waals surface area (Å²) in [5, 5.41) is 0. The molecule has 1 unspecified atom stereocenters. The molecule has 0 aromatic heterocycles. The number of hydrogen-bond acceptors (Lipinski definition) is 4. The maximum atomic E-state index is 12.4. The zero-order valence-corrected chi connectivity index (χ0v) is 13.2. The van der Waals surface area contributed by atoms with Gasteiger partial charge in [0.2, 0.25) is 10.0 Å². The summed E-state index contributed by atoms with van der Waals surface area (Å²) in [6.07, 6.45) is 0. The fraction of sp³-hybridized carbons (Fsp3) is 0.538. The summed E-state index contributed by atoms with van der Waals surface area (Å²) in [5.74, 6) is 0.399. The van der Waals surface area contributed by atoms with Crippen LogP contribution in [0, 0.1) is 0 Å². The smallest absolute Gasteiger partial charge is 0.244 e. The second-order valence-corrected chi connectivity index (χ2v) is 7.26. The van der Waals surface area contributed by atoms with Crippen LogP contribution >= 0.6 is 11.6 Å². The Hall–Kier alpha value is -0.820. The molecule has 0 N–H and O–H groups in total. The Morgan fingerprint density at radius 3 is 2.75 bits per heavy atom. The van der Waals surface area contributed by atoms with Gasteiger partial charge in [0, 0.05) is 26.5 Å². The largest absolute Gasteiger partial charge is 0.377 e. The first kappa shape index (κ1) is 15.6. The van der Waals surface area contributed by atoms with Gasteiger partial charge in [-0.2, -0.15) is 0 Å². The summed E-state index contributed by atoms with van der Waals surface area (Å²) in [7, 11) is -0.416. The predicted octanol–water partition coefficient (Wildman–Crippen LogP) is 1.38. The van der Waals surface area contributed by atoms with Crippen molar-refractivity contribution in [2.75, 3.05) is 44.6 Å². The molecule has 0 bridgehead atoms. The summed E-state index contributed by atoms with van der Waals surface area (Å²) in [5.41, 5.74) is 0.690. The monoisotopic (exact) mass is 318 g/mol. The van der Waals surface area contributed by atoms with Crippen molar-refractivity contribution in [2.24, 2.45) is 0 Å². The van der Waals surface area contributed by atoms with Gasteiger partial charge < -0.3 is 9.64 Å². The number of alkyl halides is 1. The number of morpholine rings is 1. The highest BCUT2D eigenvalue weighted by Gasteiger charge is 2.29. The Labute approximate surface area is 125 Å². The third-order valence-electron chi connectivity index (χ3n) is 3.34. The van der Waals surface area contributed by atoms with Gasteiger partial charge in [0.15, 0.2) is 0 Å². The van der Waals surface area contributed by atoms with Crippen LogP contribution < -0.4 is 4.90 Å². The summed E-state index contributed by atoms with van der Waals surface area (Å²) in [6, 6.07) is 7.01. The molecule has 1 aromatic rings. The highest BCUT2D eigenvalue weighted by atomic mass is 35.5. The minimum atomic E-state index is -3.48. The summed E-state index contributed by atoms with van der Waals surface area (Å²) >= 11 is 5.97. The van der Waals surface area contributed by atoms with Crippen molar-refractivity contribution in [1.29, 1.82) is 0 Å². The van der Waals surface area contributed by atoms with E-state index in [4.69, 9.17) is 16.3 Å². The molecule has 2 rings (SSSR count). The highest BCUT2D eigenvalue weighted by Crippen LogP contribution is 2.29. The van der Waals surface area contributed by atoms with Gasteiger partial charge in [0.25, 0.3) is 0 Å². The van der Waals surface area contributed by atoms with E-state index < -0.39 is 10.0 Å². The van der Waals surface area contributed by atoms with Crippen LogP contribution in [0.15, 0.2) is 29.2 Å². The zero-order chi connectivity index (χ0) is 14.8. The molecular weight excluding hydrogens is 300 g/mol. The summed E-state index contributed by atoms with van der Waals surface area (Å²) in [4.78, 5) is 2.33. The molecule has 0 saturated carbocycles. The molecule has 20 heavy (non-hydrogen) atoms. The first-order valence-corrected chi connectivity index (χ1v) is 8.38. The van der Waals surface area contributed by atoms with E-state index >= 15 is 0 Å². The van der Waals surface area contributed by atoms with E-state index in [1.807, 2.05) is 17.0 Å². The fourth-order valence-electron chi connectivity index (χ4n) is 2.21. The third kappa shape index (κ3) is 2.93. The van der Waals surface area contributed by atoms with Gasteiger partial charge in [-0.05, 0) is 12.1 Å². The highest BCUT2D eigenvalue weighted by molar-refractivity contribution is 7.89. The van der Waals surface area contributed by atoms with Crippen molar-refractivity contribution in [3.05, 3.63) is 24.3 Å². The molecule has 5 nitrogen and oxygen atoms in total. The zero-order valence-electron chi connectivity index (χ0n) is 11.6. The van der Waals surface area contributed by atoms with Crippen molar-refractivity contribution in [2.45, 2.75) is 10.9 Å². The number of rotatable bonds is 4. The number of anilines is 1. The minimum Gasteiger partial charge on any atom is -0.377 e. The number of ether oxygens (including phenoxy) is 1. The lowest BCUT2D eigenvalue weighted by atomic mass is 10.2. The number of benzene rings is 1. The molecule has 1 aromatic carbocycles. The van der Waals surface area contributed by atoms with Gasteiger partial charge in [-0.15, -0.1) is 11.6 Å². The van der Waals surface area contributed by atoms with Crippen LogP contribution in [0.4, 0.5) is 5.69 Å². The Kier molecular flexibility index (Phi) is 4.90. The van der Waals surface area contributed by atoms with E-state index in [2.05, 4.69) is 0 Å². The third-order valence-corrected chi connectivity index (χ3v) is 5.56. The van der Waals surface area contributed by atoms with Gasteiger partial charge in [-0.1, -0.05) is 12.1 Å². The van der Waals surface area contributed by atoms with Crippen LogP contribution in [0.1, 0.15) is 0 Å². The number of nitrogens with zero attached hydrogens (tertiary/aromatic N) is 2. The Morgan fingerprint density at radius 1 is 1.40 bits per heavy atom. The van der Waals surface area contributed by atoms with Crippen molar-refractivity contribution in [1.82, 2.24) is 4.31 Å². The maximum Gasteiger partial charge on any atom is 0.244 e. The van der Waals surface area contributed by atoms with Crippen molar-refractivity contribution < 1.29 is 13.2 Å². The van der Waals surface area contributed by atoms with Crippen molar-refractivity contribution in [3.63, 3.8) is 0 Å². The van der Waals surface area contributed by atoms with Crippen LogP contribution in [0.5, 0.6) is 0 Å². The van der Waals surface area contributed by atoms with E-state index in [9.17, 15) is 8.42 Å². The summed E-state index contributed by atoms with van der Waals surface area (Å²) in [6.45, 7) is 1.72. The molecule has 0 aliphatic carbocycles. The van der Waals surface area contributed by atoms with Crippen molar-refractivity contribution >= 4 is 27.3 Å². The lowest BCUT2D eigenvalue weighted by molar-refractivity contribution is 0.0995. The molecule has 0 spiro atoms. The van der Waals surface area contributed by atoms with Crippen LogP contribution in [0.3, 0.4) is 0 Å². The van der Waals surface area contributed by atoms with E-state index in [0.29, 0.717) is 36.2 Å². The molecule has 7 heteroatoms. The normalized spacial score (nSPS) is 20.4. The first-order chi connectivity index (χ1) is 9.48. The molecule has 0 radical (unpaired) electrons. The molecule has 112 valence electrons. The molecule has 1 heterocycles. The number of para-hydroxylation sites is 1. The minimum absolute atomic E-state index is 0.0103. The average molecular weight is 319 g/mol.